The molecule has 2 aromatic carbocycles. The molecule has 0 saturated heterocycles. The van der Waals surface area contributed by atoms with Crippen molar-refractivity contribution in [2.24, 2.45) is 0 Å². The Morgan fingerprint density at radius 3 is 2.64 bits per heavy atom. The molecule has 0 spiro atoms. The number of fused-ring (bicyclic) bond motifs is 2. The number of carbonyl (C=O) groups is 2. The van der Waals surface area contributed by atoms with Crippen LogP contribution in [0.2, 0.25) is 0 Å². The average molecular weight is 379 g/mol. The maximum atomic E-state index is 12.6. The van der Waals surface area contributed by atoms with Gasteiger partial charge in [0.2, 0.25) is 5.91 Å². The number of furan rings is 1. The van der Waals surface area contributed by atoms with Crippen LogP contribution < -0.4 is 10.1 Å². The Hall–Kier alpha value is -3.28. The number of methoxy groups -OCH3 is 2. The van der Waals surface area contributed by atoms with E-state index in [0.29, 0.717) is 11.4 Å². The Morgan fingerprint density at radius 2 is 1.89 bits per heavy atom. The van der Waals surface area contributed by atoms with E-state index in [0.717, 1.165) is 35.8 Å². The van der Waals surface area contributed by atoms with Gasteiger partial charge < -0.3 is 19.2 Å². The smallest absolute Gasteiger partial charge is 0.340 e. The molecule has 0 saturated carbocycles. The molecule has 6 heteroatoms. The standard InChI is InChI=1S/C22H21NO5/c1-26-16-6-7-19(18(11-16)22(25)27-2)23-21(24)10-15-12-28-20-9-14-5-3-4-13(14)8-17(15)20/h6-9,11-12H,3-5,10H2,1-2H3,(H,23,24). The highest BCUT2D eigenvalue weighted by Gasteiger charge is 2.19. The number of aryl methyl sites for hydroxylation is 2. The molecule has 144 valence electrons. The summed E-state index contributed by atoms with van der Waals surface area (Å²) >= 11 is 0. The van der Waals surface area contributed by atoms with Gasteiger partial charge in [0, 0.05) is 10.9 Å². The molecule has 4 rings (SSSR count). The lowest BCUT2D eigenvalue weighted by atomic mass is 10.0. The molecular weight excluding hydrogens is 358 g/mol. The van der Waals surface area contributed by atoms with Crippen LogP contribution in [0.25, 0.3) is 11.0 Å². The normalized spacial score (nSPS) is 12.6. The van der Waals surface area contributed by atoms with Crippen LogP contribution in [0.4, 0.5) is 5.69 Å². The number of nitrogens with one attached hydrogen (secondary N) is 1. The van der Waals surface area contributed by atoms with Gasteiger partial charge in [0.25, 0.3) is 0 Å². The molecule has 3 aromatic rings. The summed E-state index contributed by atoms with van der Waals surface area (Å²) in [5.74, 6) is -0.273. The summed E-state index contributed by atoms with van der Waals surface area (Å²) in [6.07, 6.45) is 5.09. The van der Waals surface area contributed by atoms with Crippen LogP contribution in [0, 0.1) is 0 Å². The molecule has 6 nitrogen and oxygen atoms in total. The van der Waals surface area contributed by atoms with Gasteiger partial charge in [-0.25, -0.2) is 4.79 Å². The number of carbonyl (C=O) groups excluding carboxylic acids is 2. The van der Waals surface area contributed by atoms with Crippen LogP contribution in [-0.4, -0.2) is 26.1 Å². The zero-order valence-electron chi connectivity index (χ0n) is 15.8. The third-order valence-corrected chi connectivity index (χ3v) is 5.13. The van der Waals surface area contributed by atoms with E-state index in [4.69, 9.17) is 13.9 Å². The molecule has 1 amide bonds. The van der Waals surface area contributed by atoms with E-state index in [-0.39, 0.29) is 17.9 Å². The van der Waals surface area contributed by atoms with Crippen molar-refractivity contribution in [3.05, 3.63) is 58.8 Å². The molecule has 0 unspecified atom stereocenters. The van der Waals surface area contributed by atoms with Crippen LogP contribution in [0.3, 0.4) is 0 Å². The topological polar surface area (TPSA) is 77.8 Å². The highest BCUT2D eigenvalue weighted by molar-refractivity contribution is 6.02. The Bertz CT molecular complexity index is 1070. The van der Waals surface area contributed by atoms with E-state index in [2.05, 4.69) is 17.4 Å². The van der Waals surface area contributed by atoms with Crippen LogP contribution in [0.15, 0.2) is 41.0 Å². The van der Waals surface area contributed by atoms with Crippen molar-refractivity contribution >= 4 is 28.5 Å². The largest absolute Gasteiger partial charge is 0.497 e. The average Bonchev–Trinajstić information content (AvgIpc) is 3.32. The molecule has 0 aliphatic heterocycles. The quantitative estimate of drug-likeness (QED) is 0.681. The number of benzene rings is 2. The lowest BCUT2D eigenvalue weighted by Crippen LogP contribution is -2.17. The predicted octanol–water partition coefficient (Wildman–Crippen LogP) is 3.90. The maximum Gasteiger partial charge on any atom is 0.340 e. The monoisotopic (exact) mass is 379 g/mol. The highest BCUT2D eigenvalue weighted by Crippen LogP contribution is 2.31. The van der Waals surface area contributed by atoms with Gasteiger partial charge in [0.05, 0.1) is 38.2 Å². The van der Waals surface area contributed by atoms with Gasteiger partial charge >= 0.3 is 5.97 Å². The number of amides is 1. The molecule has 1 N–H and O–H groups in total. The Labute approximate surface area is 162 Å². The molecular formula is C22H21NO5. The minimum absolute atomic E-state index is 0.151. The van der Waals surface area contributed by atoms with Gasteiger partial charge in [0.1, 0.15) is 11.3 Å². The number of hydrogen-bond acceptors (Lipinski definition) is 5. The number of hydrogen-bond donors (Lipinski definition) is 1. The maximum absolute atomic E-state index is 12.6. The van der Waals surface area contributed by atoms with Crippen LogP contribution >= 0.6 is 0 Å². The van der Waals surface area contributed by atoms with Gasteiger partial charge in [-0.15, -0.1) is 0 Å². The van der Waals surface area contributed by atoms with Crippen molar-refractivity contribution in [1.82, 2.24) is 0 Å². The fourth-order valence-electron chi connectivity index (χ4n) is 3.69. The molecule has 1 heterocycles. The Balaban J connectivity index is 1.57. The molecule has 1 aliphatic rings. The number of anilines is 1. The molecule has 1 aromatic heterocycles. The van der Waals surface area contributed by atoms with E-state index in [1.165, 1.54) is 31.4 Å². The van der Waals surface area contributed by atoms with E-state index < -0.39 is 5.97 Å². The highest BCUT2D eigenvalue weighted by atomic mass is 16.5. The van der Waals surface area contributed by atoms with E-state index in [1.54, 1.807) is 18.4 Å². The summed E-state index contributed by atoms with van der Waals surface area (Å²) in [5.41, 5.74) is 4.92. The molecule has 0 radical (unpaired) electrons. The van der Waals surface area contributed by atoms with Crippen molar-refractivity contribution in [1.29, 1.82) is 0 Å². The number of esters is 1. The molecule has 0 fully saturated rings. The van der Waals surface area contributed by atoms with Crippen molar-refractivity contribution < 1.29 is 23.5 Å². The lowest BCUT2D eigenvalue weighted by Gasteiger charge is -2.11. The lowest BCUT2D eigenvalue weighted by molar-refractivity contribution is -0.115. The second kappa shape index (κ2) is 7.38. The second-order valence-electron chi connectivity index (χ2n) is 6.86. The van der Waals surface area contributed by atoms with E-state index >= 15 is 0 Å². The van der Waals surface area contributed by atoms with Crippen molar-refractivity contribution in [2.45, 2.75) is 25.7 Å². The zero-order chi connectivity index (χ0) is 19.7. The van der Waals surface area contributed by atoms with Crippen LogP contribution in [-0.2, 0) is 28.8 Å². The van der Waals surface area contributed by atoms with Crippen LogP contribution in [0.5, 0.6) is 5.75 Å². The Kier molecular flexibility index (Phi) is 4.77. The third kappa shape index (κ3) is 3.33. The molecule has 0 atom stereocenters. The minimum atomic E-state index is -0.543. The molecule has 0 bridgehead atoms. The first kappa shape index (κ1) is 18.1. The fraction of sp³-hybridized carbons (Fsp3) is 0.273. The summed E-state index contributed by atoms with van der Waals surface area (Å²) < 4.78 is 15.6. The van der Waals surface area contributed by atoms with Crippen LogP contribution in [0.1, 0.15) is 33.5 Å². The van der Waals surface area contributed by atoms with E-state index in [9.17, 15) is 9.59 Å². The summed E-state index contributed by atoms with van der Waals surface area (Å²) in [4.78, 5) is 24.7. The van der Waals surface area contributed by atoms with Crippen molar-refractivity contribution in [2.75, 3.05) is 19.5 Å². The van der Waals surface area contributed by atoms with Crippen molar-refractivity contribution in [3.63, 3.8) is 0 Å². The first-order valence-electron chi connectivity index (χ1n) is 9.17. The van der Waals surface area contributed by atoms with Gasteiger partial charge in [-0.2, -0.15) is 0 Å². The van der Waals surface area contributed by atoms with Gasteiger partial charge in [-0.3, -0.25) is 4.79 Å². The van der Waals surface area contributed by atoms with Gasteiger partial charge in [-0.05, 0) is 60.7 Å². The minimum Gasteiger partial charge on any atom is -0.497 e. The summed E-state index contributed by atoms with van der Waals surface area (Å²) in [6, 6.07) is 9.06. The summed E-state index contributed by atoms with van der Waals surface area (Å²) in [7, 11) is 2.80. The van der Waals surface area contributed by atoms with Gasteiger partial charge in [0.15, 0.2) is 0 Å². The first-order valence-corrected chi connectivity index (χ1v) is 9.17. The molecule has 1 aliphatic carbocycles. The fourth-order valence-corrected chi connectivity index (χ4v) is 3.69. The number of rotatable bonds is 5. The SMILES string of the molecule is COC(=O)c1cc(OC)ccc1NC(=O)Cc1coc2cc3c(cc12)CCC3. The molecule has 28 heavy (non-hydrogen) atoms. The van der Waals surface area contributed by atoms with E-state index in [1.807, 2.05) is 0 Å². The Morgan fingerprint density at radius 1 is 1.11 bits per heavy atom. The van der Waals surface area contributed by atoms with Crippen molar-refractivity contribution in [3.8, 4) is 5.75 Å². The summed E-state index contributed by atoms with van der Waals surface area (Å²) in [6.45, 7) is 0. The third-order valence-electron chi connectivity index (χ3n) is 5.13. The first-order chi connectivity index (χ1) is 13.6. The van der Waals surface area contributed by atoms with Gasteiger partial charge in [-0.1, -0.05) is 0 Å². The summed E-state index contributed by atoms with van der Waals surface area (Å²) in [5, 5.41) is 3.77. The second-order valence-corrected chi connectivity index (χ2v) is 6.86. The predicted molar refractivity (Wildman–Crippen MR) is 105 cm³/mol. The number of ether oxygens (including phenoxy) is 2. The zero-order valence-corrected chi connectivity index (χ0v) is 15.8.